The molecule has 0 aliphatic rings. The second-order valence-corrected chi connectivity index (χ2v) is 5.40. The zero-order valence-electron chi connectivity index (χ0n) is 10.9. The van der Waals surface area contributed by atoms with E-state index in [0.717, 1.165) is 0 Å². The van der Waals surface area contributed by atoms with Crippen LogP contribution >= 0.6 is 11.8 Å². The molecule has 0 radical (unpaired) electrons. The molecule has 1 atom stereocenters. The normalized spacial score (nSPS) is 12.6. The van der Waals surface area contributed by atoms with Gasteiger partial charge in [0.25, 0.3) is 5.56 Å². The van der Waals surface area contributed by atoms with Crippen molar-refractivity contribution < 1.29 is 0 Å². The molecular formula is C11H15N5O2S. The van der Waals surface area contributed by atoms with E-state index in [-0.39, 0.29) is 16.5 Å². The summed E-state index contributed by atoms with van der Waals surface area (Å²) in [4.78, 5) is 29.9. The number of nitrogens with one attached hydrogen (secondary N) is 2. The monoisotopic (exact) mass is 281 g/mol. The number of hydrogen-bond acceptors (Lipinski definition) is 5. The van der Waals surface area contributed by atoms with Crippen molar-refractivity contribution in [3.63, 3.8) is 0 Å². The molecule has 0 saturated heterocycles. The predicted octanol–water partition coefficient (Wildman–Crippen LogP) is 0.836. The lowest BCUT2D eigenvalue weighted by atomic mass is 10.4. The van der Waals surface area contributed by atoms with E-state index in [1.807, 2.05) is 13.8 Å². The van der Waals surface area contributed by atoms with Crippen LogP contribution in [0.15, 0.2) is 20.8 Å². The fourth-order valence-electron chi connectivity index (χ4n) is 1.68. The SMILES string of the molecule is CCn1c(SC(C)c2nc(C)cc(=O)[nH]2)n[nH]c1=O. The summed E-state index contributed by atoms with van der Waals surface area (Å²) in [5.74, 6) is 0.577. The predicted molar refractivity (Wildman–Crippen MR) is 72.4 cm³/mol. The summed E-state index contributed by atoms with van der Waals surface area (Å²) in [6.07, 6.45) is 0. The highest BCUT2D eigenvalue weighted by Crippen LogP contribution is 2.30. The second kappa shape index (κ2) is 5.43. The number of aryl methyl sites for hydroxylation is 1. The molecule has 0 spiro atoms. The Hall–Kier alpha value is -1.83. The third kappa shape index (κ3) is 2.95. The van der Waals surface area contributed by atoms with Crippen molar-refractivity contribution >= 4 is 11.8 Å². The van der Waals surface area contributed by atoms with E-state index in [0.29, 0.717) is 23.2 Å². The van der Waals surface area contributed by atoms with Gasteiger partial charge < -0.3 is 4.98 Å². The minimum atomic E-state index is -0.233. The Bertz CT molecular complexity index is 687. The molecule has 2 aromatic heterocycles. The molecular weight excluding hydrogens is 266 g/mol. The number of aromatic nitrogens is 5. The Morgan fingerprint density at radius 2 is 2.21 bits per heavy atom. The van der Waals surface area contributed by atoms with Crippen molar-refractivity contribution in [3.05, 3.63) is 38.4 Å². The van der Waals surface area contributed by atoms with E-state index in [4.69, 9.17) is 0 Å². The molecule has 8 heteroatoms. The van der Waals surface area contributed by atoms with Gasteiger partial charge in [0.1, 0.15) is 5.82 Å². The second-order valence-electron chi connectivity index (χ2n) is 4.09. The van der Waals surface area contributed by atoms with Crippen molar-refractivity contribution in [2.75, 3.05) is 0 Å². The molecule has 0 saturated carbocycles. The average molecular weight is 281 g/mol. The van der Waals surface area contributed by atoms with Crippen LogP contribution in [0.4, 0.5) is 0 Å². The molecule has 0 bridgehead atoms. The third-order valence-corrected chi connectivity index (χ3v) is 3.69. The lowest BCUT2D eigenvalue weighted by molar-refractivity contribution is 0.658. The molecule has 0 aromatic carbocycles. The molecule has 2 rings (SSSR count). The van der Waals surface area contributed by atoms with Crippen LogP contribution in [0.1, 0.15) is 30.6 Å². The van der Waals surface area contributed by atoms with E-state index >= 15 is 0 Å². The van der Waals surface area contributed by atoms with Crippen LogP contribution < -0.4 is 11.2 Å². The van der Waals surface area contributed by atoms with Gasteiger partial charge in [0, 0.05) is 18.3 Å². The first kappa shape index (κ1) is 13.6. The quantitative estimate of drug-likeness (QED) is 0.809. The van der Waals surface area contributed by atoms with Gasteiger partial charge in [0.2, 0.25) is 0 Å². The third-order valence-electron chi connectivity index (χ3n) is 2.59. The summed E-state index contributed by atoms with van der Waals surface area (Å²) in [7, 11) is 0. The van der Waals surface area contributed by atoms with Crippen LogP contribution in [-0.2, 0) is 6.54 Å². The largest absolute Gasteiger partial charge is 0.343 e. The summed E-state index contributed by atoms with van der Waals surface area (Å²) in [6.45, 7) is 6.09. The molecule has 2 aromatic rings. The van der Waals surface area contributed by atoms with E-state index in [1.165, 1.54) is 22.4 Å². The van der Waals surface area contributed by atoms with Crippen LogP contribution in [-0.4, -0.2) is 24.7 Å². The smallest absolute Gasteiger partial charge is 0.310 e. The van der Waals surface area contributed by atoms with E-state index in [2.05, 4.69) is 20.2 Å². The topological polar surface area (TPSA) is 96.4 Å². The van der Waals surface area contributed by atoms with E-state index < -0.39 is 0 Å². The zero-order chi connectivity index (χ0) is 14.0. The van der Waals surface area contributed by atoms with Gasteiger partial charge in [-0.25, -0.2) is 14.9 Å². The maximum absolute atomic E-state index is 11.5. The standard InChI is InChI=1S/C11H15N5O2S/c1-4-16-10(18)14-15-11(16)19-7(3)9-12-6(2)5-8(17)13-9/h5,7H,4H2,1-3H3,(H,14,18)(H,12,13,17). The van der Waals surface area contributed by atoms with Crippen molar-refractivity contribution in [1.82, 2.24) is 24.7 Å². The number of nitrogens with zero attached hydrogens (tertiary/aromatic N) is 3. The maximum atomic E-state index is 11.5. The van der Waals surface area contributed by atoms with Gasteiger partial charge >= 0.3 is 5.69 Å². The van der Waals surface area contributed by atoms with Gasteiger partial charge in [0.15, 0.2) is 5.16 Å². The van der Waals surface area contributed by atoms with Gasteiger partial charge in [-0.2, -0.15) is 0 Å². The van der Waals surface area contributed by atoms with Crippen molar-refractivity contribution in [2.24, 2.45) is 0 Å². The summed E-state index contributed by atoms with van der Waals surface area (Å²) in [6, 6.07) is 1.44. The number of rotatable bonds is 4. The minimum absolute atomic E-state index is 0.104. The van der Waals surface area contributed by atoms with E-state index in [1.54, 1.807) is 6.92 Å². The molecule has 19 heavy (non-hydrogen) atoms. The first-order chi connectivity index (χ1) is 9.01. The molecule has 7 nitrogen and oxygen atoms in total. The molecule has 2 heterocycles. The summed E-state index contributed by atoms with van der Waals surface area (Å²) in [5, 5.41) is 6.86. The zero-order valence-corrected chi connectivity index (χ0v) is 11.7. The Kier molecular flexibility index (Phi) is 3.89. The van der Waals surface area contributed by atoms with Gasteiger partial charge in [-0.05, 0) is 20.8 Å². The number of H-pyrrole nitrogens is 2. The molecule has 0 aliphatic carbocycles. The average Bonchev–Trinajstić information content (AvgIpc) is 2.68. The van der Waals surface area contributed by atoms with Crippen LogP contribution in [0, 0.1) is 6.92 Å². The Morgan fingerprint density at radius 3 is 2.84 bits per heavy atom. The molecule has 0 fully saturated rings. The van der Waals surface area contributed by atoms with Crippen molar-refractivity contribution in [3.8, 4) is 0 Å². The highest BCUT2D eigenvalue weighted by molar-refractivity contribution is 7.99. The fourth-order valence-corrected chi connectivity index (χ4v) is 2.66. The van der Waals surface area contributed by atoms with Crippen LogP contribution in [0.5, 0.6) is 0 Å². The summed E-state index contributed by atoms with van der Waals surface area (Å²) >= 11 is 1.37. The van der Waals surface area contributed by atoms with E-state index in [9.17, 15) is 9.59 Å². The molecule has 102 valence electrons. The lowest BCUT2D eigenvalue weighted by Gasteiger charge is -2.10. The maximum Gasteiger partial charge on any atom is 0.343 e. The van der Waals surface area contributed by atoms with Crippen molar-refractivity contribution in [2.45, 2.75) is 37.7 Å². The first-order valence-electron chi connectivity index (χ1n) is 5.91. The Balaban J connectivity index is 2.27. The molecule has 0 aliphatic heterocycles. The highest BCUT2D eigenvalue weighted by Gasteiger charge is 2.15. The Labute approximate surface area is 113 Å². The number of aromatic amines is 2. The number of hydrogen-bond donors (Lipinski definition) is 2. The minimum Gasteiger partial charge on any atom is -0.310 e. The van der Waals surface area contributed by atoms with Gasteiger partial charge in [-0.1, -0.05) is 11.8 Å². The van der Waals surface area contributed by atoms with Gasteiger partial charge in [-0.3, -0.25) is 9.36 Å². The summed E-state index contributed by atoms with van der Waals surface area (Å²) in [5.41, 5.74) is 0.258. The fraction of sp³-hybridized carbons (Fsp3) is 0.455. The van der Waals surface area contributed by atoms with Crippen LogP contribution in [0.25, 0.3) is 0 Å². The molecule has 0 amide bonds. The Morgan fingerprint density at radius 1 is 1.47 bits per heavy atom. The summed E-state index contributed by atoms with van der Waals surface area (Å²) < 4.78 is 1.54. The lowest BCUT2D eigenvalue weighted by Crippen LogP contribution is -2.16. The van der Waals surface area contributed by atoms with Crippen LogP contribution in [0.3, 0.4) is 0 Å². The van der Waals surface area contributed by atoms with Crippen LogP contribution in [0.2, 0.25) is 0 Å². The highest BCUT2D eigenvalue weighted by atomic mass is 32.2. The van der Waals surface area contributed by atoms with Crippen molar-refractivity contribution in [1.29, 1.82) is 0 Å². The molecule has 1 unspecified atom stereocenters. The number of thioether (sulfide) groups is 1. The van der Waals surface area contributed by atoms with Gasteiger partial charge in [0.05, 0.1) is 5.25 Å². The first-order valence-corrected chi connectivity index (χ1v) is 6.79. The molecule has 2 N–H and O–H groups in total. The van der Waals surface area contributed by atoms with Gasteiger partial charge in [-0.15, -0.1) is 5.10 Å².